The number of aliphatic hydroxyl groups excluding tert-OH is 1. The first-order chi connectivity index (χ1) is 9.38. The lowest BCUT2D eigenvalue weighted by atomic mass is 9.80. The highest BCUT2D eigenvalue weighted by Crippen LogP contribution is 2.31. The van der Waals surface area contributed by atoms with Crippen molar-refractivity contribution in [1.82, 2.24) is 4.90 Å². The second kappa shape index (κ2) is 8.23. The van der Waals surface area contributed by atoms with Gasteiger partial charge in [-0.15, -0.1) is 0 Å². The van der Waals surface area contributed by atoms with Gasteiger partial charge in [0.15, 0.2) is 6.10 Å². The first-order valence-corrected chi connectivity index (χ1v) is 7.85. The standard InChI is InChI=1S/C15H28F3NO/c1-3-5-6-7-8-12(4-2)13-9-19(10-13)11-14(20)15(16,17)18/h12-14,20H,3-11H2,1-2H3. The molecule has 0 spiro atoms. The number of β-amino-alcohol motifs (C(OH)–C–C–N with tert-alkyl or cyclic N) is 1. The second-order valence-electron chi connectivity index (χ2n) is 6.05. The van der Waals surface area contributed by atoms with Gasteiger partial charge in [-0.25, -0.2) is 0 Å². The summed E-state index contributed by atoms with van der Waals surface area (Å²) in [6, 6.07) is 0. The third kappa shape index (κ3) is 5.60. The average Bonchev–Trinajstić information content (AvgIpc) is 2.33. The van der Waals surface area contributed by atoms with Gasteiger partial charge in [0.25, 0.3) is 0 Å². The van der Waals surface area contributed by atoms with Crippen LogP contribution in [0.2, 0.25) is 0 Å². The van der Waals surface area contributed by atoms with Gasteiger partial charge in [-0.05, 0) is 11.8 Å². The molecule has 2 atom stereocenters. The van der Waals surface area contributed by atoms with E-state index in [9.17, 15) is 13.2 Å². The molecule has 0 aliphatic carbocycles. The van der Waals surface area contributed by atoms with Gasteiger partial charge in [0.2, 0.25) is 0 Å². The van der Waals surface area contributed by atoms with E-state index >= 15 is 0 Å². The van der Waals surface area contributed by atoms with Crippen molar-refractivity contribution in [2.45, 2.75) is 64.7 Å². The summed E-state index contributed by atoms with van der Waals surface area (Å²) in [5.41, 5.74) is 0. The van der Waals surface area contributed by atoms with Crippen molar-refractivity contribution in [3.05, 3.63) is 0 Å². The van der Waals surface area contributed by atoms with Crippen molar-refractivity contribution < 1.29 is 18.3 Å². The fourth-order valence-corrected chi connectivity index (χ4v) is 3.01. The Kier molecular flexibility index (Phi) is 7.30. The topological polar surface area (TPSA) is 23.5 Å². The van der Waals surface area contributed by atoms with Crippen LogP contribution in [0.4, 0.5) is 13.2 Å². The van der Waals surface area contributed by atoms with Crippen molar-refractivity contribution in [3.63, 3.8) is 0 Å². The Morgan fingerprint density at radius 3 is 2.30 bits per heavy atom. The van der Waals surface area contributed by atoms with Crippen molar-refractivity contribution in [2.75, 3.05) is 19.6 Å². The molecule has 0 aromatic carbocycles. The van der Waals surface area contributed by atoms with Gasteiger partial charge >= 0.3 is 6.18 Å². The summed E-state index contributed by atoms with van der Waals surface area (Å²) in [5.74, 6) is 1.15. The van der Waals surface area contributed by atoms with Crippen LogP contribution < -0.4 is 0 Å². The van der Waals surface area contributed by atoms with E-state index in [-0.39, 0.29) is 6.54 Å². The molecule has 1 aliphatic rings. The summed E-state index contributed by atoms with van der Waals surface area (Å²) in [7, 11) is 0. The maximum atomic E-state index is 12.3. The van der Waals surface area contributed by atoms with E-state index in [1.807, 2.05) is 0 Å². The zero-order chi connectivity index (χ0) is 15.2. The molecule has 1 rings (SSSR count). The van der Waals surface area contributed by atoms with E-state index in [2.05, 4.69) is 13.8 Å². The van der Waals surface area contributed by atoms with Crippen LogP contribution in [0.5, 0.6) is 0 Å². The lowest BCUT2D eigenvalue weighted by molar-refractivity contribution is -0.212. The highest BCUT2D eigenvalue weighted by Gasteiger charge is 2.42. The summed E-state index contributed by atoms with van der Waals surface area (Å²) in [6.45, 7) is 5.50. The Bertz CT molecular complexity index is 264. The van der Waals surface area contributed by atoms with E-state index < -0.39 is 12.3 Å². The summed E-state index contributed by atoms with van der Waals surface area (Å²) < 4.78 is 36.8. The number of aliphatic hydroxyl groups is 1. The van der Waals surface area contributed by atoms with Gasteiger partial charge in [-0.3, -0.25) is 4.90 Å². The lowest BCUT2D eigenvalue weighted by Crippen LogP contribution is -2.54. The first kappa shape index (κ1) is 17.8. The molecule has 0 aromatic rings. The molecular formula is C15H28F3NO. The number of nitrogens with zero attached hydrogens (tertiary/aromatic N) is 1. The van der Waals surface area contributed by atoms with E-state index in [0.717, 1.165) is 6.42 Å². The second-order valence-corrected chi connectivity index (χ2v) is 6.05. The number of likely N-dealkylation sites (tertiary alicyclic amines) is 1. The average molecular weight is 295 g/mol. The highest BCUT2D eigenvalue weighted by atomic mass is 19.4. The third-order valence-corrected chi connectivity index (χ3v) is 4.41. The zero-order valence-corrected chi connectivity index (χ0v) is 12.6. The van der Waals surface area contributed by atoms with Gasteiger partial charge in [0, 0.05) is 19.6 Å². The Morgan fingerprint density at radius 2 is 1.80 bits per heavy atom. The van der Waals surface area contributed by atoms with Crippen LogP contribution in [-0.2, 0) is 0 Å². The molecule has 2 unspecified atom stereocenters. The molecule has 1 aliphatic heterocycles. The Hall–Kier alpha value is -0.290. The Balaban J connectivity index is 2.21. The Labute approximate surface area is 120 Å². The third-order valence-electron chi connectivity index (χ3n) is 4.41. The van der Waals surface area contributed by atoms with Crippen LogP contribution in [0.1, 0.15) is 52.4 Å². The molecule has 1 saturated heterocycles. The fraction of sp³-hybridized carbons (Fsp3) is 1.00. The van der Waals surface area contributed by atoms with Gasteiger partial charge < -0.3 is 5.11 Å². The molecule has 1 heterocycles. The number of alkyl halides is 3. The van der Waals surface area contributed by atoms with Gasteiger partial charge in [-0.1, -0.05) is 52.4 Å². The van der Waals surface area contributed by atoms with Gasteiger partial charge in [0.05, 0.1) is 0 Å². The van der Waals surface area contributed by atoms with Crippen molar-refractivity contribution in [1.29, 1.82) is 0 Å². The molecule has 0 aromatic heterocycles. The summed E-state index contributed by atoms with van der Waals surface area (Å²) >= 11 is 0. The summed E-state index contributed by atoms with van der Waals surface area (Å²) in [4.78, 5) is 1.72. The minimum absolute atomic E-state index is 0.272. The van der Waals surface area contributed by atoms with Crippen molar-refractivity contribution in [3.8, 4) is 0 Å². The highest BCUT2D eigenvalue weighted by molar-refractivity contribution is 4.86. The quantitative estimate of drug-likeness (QED) is 0.653. The van der Waals surface area contributed by atoms with E-state index in [0.29, 0.717) is 24.9 Å². The van der Waals surface area contributed by atoms with Crippen molar-refractivity contribution >= 4 is 0 Å². The zero-order valence-electron chi connectivity index (χ0n) is 12.6. The van der Waals surface area contributed by atoms with Gasteiger partial charge in [-0.2, -0.15) is 13.2 Å². The molecule has 0 bridgehead atoms. The van der Waals surface area contributed by atoms with Gasteiger partial charge in [0.1, 0.15) is 0 Å². The largest absolute Gasteiger partial charge is 0.415 e. The van der Waals surface area contributed by atoms with Crippen LogP contribution in [0, 0.1) is 11.8 Å². The smallest absolute Gasteiger partial charge is 0.382 e. The van der Waals surface area contributed by atoms with E-state index in [4.69, 9.17) is 5.11 Å². The number of hydrogen-bond acceptors (Lipinski definition) is 2. The maximum Gasteiger partial charge on any atom is 0.415 e. The predicted octanol–water partition coefficient (Wildman–Crippen LogP) is 3.84. The Morgan fingerprint density at radius 1 is 1.15 bits per heavy atom. The molecule has 0 radical (unpaired) electrons. The molecule has 1 N–H and O–H groups in total. The van der Waals surface area contributed by atoms with Crippen LogP contribution >= 0.6 is 0 Å². The SMILES string of the molecule is CCCCCCC(CC)C1CN(CC(O)C(F)(F)F)C1. The monoisotopic (exact) mass is 295 g/mol. The number of rotatable bonds is 9. The van der Waals surface area contributed by atoms with Crippen LogP contribution in [-0.4, -0.2) is 41.9 Å². The summed E-state index contributed by atoms with van der Waals surface area (Å²) in [6.07, 6.45) is 0.588. The molecule has 2 nitrogen and oxygen atoms in total. The first-order valence-electron chi connectivity index (χ1n) is 7.85. The minimum Gasteiger partial charge on any atom is -0.382 e. The fourth-order valence-electron chi connectivity index (χ4n) is 3.01. The maximum absolute atomic E-state index is 12.3. The molecule has 0 amide bonds. The lowest BCUT2D eigenvalue weighted by Gasteiger charge is -2.44. The molecule has 1 fully saturated rings. The minimum atomic E-state index is -4.49. The molecule has 0 saturated carbocycles. The van der Waals surface area contributed by atoms with E-state index in [1.54, 1.807) is 4.90 Å². The molecule has 5 heteroatoms. The van der Waals surface area contributed by atoms with Crippen LogP contribution in [0.3, 0.4) is 0 Å². The number of unbranched alkanes of at least 4 members (excludes halogenated alkanes) is 3. The van der Waals surface area contributed by atoms with Crippen LogP contribution in [0.15, 0.2) is 0 Å². The molecule has 20 heavy (non-hydrogen) atoms. The number of hydrogen-bond donors (Lipinski definition) is 1. The summed E-state index contributed by atoms with van der Waals surface area (Å²) in [5, 5.41) is 9.04. The van der Waals surface area contributed by atoms with Crippen molar-refractivity contribution in [2.24, 2.45) is 11.8 Å². The number of halogens is 3. The molecule has 120 valence electrons. The predicted molar refractivity (Wildman–Crippen MR) is 74.5 cm³/mol. The van der Waals surface area contributed by atoms with E-state index in [1.165, 1.54) is 32.1 Å². The van der Waals surface area contributed by atoms with Crippen LogP contribution in [0.25, 0.3) is 0 Å². The normalized spacial score (nSPS) is 20.7. The molecular weight excluding hydrogens is 267 g/mol.